The first-order valence-electron chi connectivity index (χ1n) is 8.79. The van der Waals surface area contributed by atoms with Crippen LogP contribution in [0.3, 0.4) is 0 Å². The molecule has 5 nitrogen and oxygen atoms in total. The molecule has 136 valence electrons. The molecule has 2 heterocycles. The van der Waals surface area contributed by atoms with Crippen LogP contribution in [0.2, 0.25) is 0 Å². The van der Waals surface area contributed by atoms with Crippen LogP contribution >= 0.6 is 0 Å². The summed E-state index contributed by atoms with van der Waals surface area (Å²) in [5.41, 5.74) is 2.27. The van der Waals surface area contributed by atoms with E-state index in [0.29, 0.717) is 12.2 Å². The van der Waals surface area contributed by atoms with Crippen molar-refractivity contribution in [1.29, 1.82) is 0 Å². The molecule has 0 radical (unpaired) electrons. The van der Waals surface area contributed by atoms with Gasteiger partial charge in [0.05, 0.1) is 12.6 Å². The Morgan fingerprint density at radius 1 is 1.19 bits per heavy atom. The molecule has 0 bridgehead atoms. The number of carbonyl (C=O) groups excluding carboxylic acids is 1. The average molecular weight is 351 g/mol. The van der Waals surface area contributed by atoms with Crippen LogP contribution in [0.4, 0.5) is 0 Å². The maximum absolute atomic E-state index is 12.7. The molecule has 1 amide bonds. The second-order valence-corrected chi connectivity index (χ2v) is 7.35. The van der Waals surface area contributed by atoms with Gasteiger partial charge in [-0.05, 0) is 36.2 Å². The van der Waals surface area contributed by atoms with E-state index < -0.39 is 0 Å². The first-order valence-corrected chi connectivity index (χ1v) is 8.79. The van der Waals surface area contributed by atoms with Gasteiger partial charge in [0.15, 0.2) is 5.69 Å². The quantitative estimate of drug-likeness (QED) is 0.764. The summed E-state index contributed by atoms with van der Waals surface area (Å²) in [7, 11) is 1.65. The van der Waals surface area contributed by atoms with E-state index in [-0.39, 0.29) is 11.3 Å². The monoisotopic (exact) mass is 351 g/mol. The van der Waals surface area contributed by atoms with Gasteiger partial charge in [0, 0.05) is 18.2 Å². The third-order valence-corrected chi connectivity index (χ3v) is 4.27. The van der Waals surface area contributed by atoms with Crippen molar-refractivity contribution >= 4 is 11.4 Å². The van der Waals surface area contributed by atoms with Crippen molar-refractivity contribution in [2.45, 2.75) is 32.6 Å². The zero-order valence-corrected chi connectivity index (χ0v) is 15.7. The molecule has 2 aromatic heterocycles. The fourth-order valence-corrected chi connectivity index (χ4v) is 2.97. The first kappa shape index (κ1) is 18.0. The van der Waals surface area contributed by atoms with Gasteiger partial charge in [-0.2, -0.15) is 0 Å². The molecule has 0 saturated carbocycles. The number of aromatic nitrogens is 2. The molecule has 0 aliphatic carbocycles. The second kappa shape index (κ2) is 7.20. The van der Waals surface area contributed by atoms with Gasteiger partial charge in [0.2, 0.25) is 0 Å². The van der Waals surface area contributed by atoms with Crippen LogP contribution in [0.5, 0.6) is 5.75 Å². The zero-order valence-electron chi connectivity index (χ0n) is 15.7. The van der Waals surface area contributed by atoms with E-state index in [1.165, 1.54) is 0 Å². The Morgan fingerprint density at radius 2 is 2.00 bits per heavy atom. The van der Waals surface area contributed by atoms with Crippen LogP contribution in [-0.2, 0) is 11.8 Å². The summed E-state index contributed by atoms with van der Waals surface area (Å²) in [5, 5.41) is 2.99. The molecule has 0 saturated heterocycles. The van der Waals surface area contributed by atoms with Gasteiger partial charge in [-0.1, -0.05) is 39.0 Å². The second-order valence-electron chi connectivity index (χ2n) is 7.35. The molecule has 1 aromatic carbocycles. The highest BCUT2D eigenvalue weighted by molar-refractivity contribution is 5.99. The van der Waals surface area contributed by atoms with E-state index >= 15 is 0 Å². The number of nitrogens with one attached hydrogen (secondary N) is 1. The summed E-state index contributed by atoms with van der Waals surface area (Å²) in [5.74, 6) is 1.56. The topological polar surface area (TPSA) is 55.6 Å². The number of carbonyl (C=O) groups is 1. The third-order valence-electron chi connectivity index (χ3n) is 4.27. The van der Waals surface area contributed by atoms with Crippen LogP contribution in [-0.4, -0.2) is 28.9 Å². The summed E-state index contributed by atoms with van der Waals surface area (Å²) < 4.78 is 7.23. The minimum absolute atomic E-state index is 0.146. The SMILES string of the molecule is COc1cccc(CCNC(=O)c2nc(C(C)(C)C)n3ccccc23)c1. The lowest BCUT2D eigenvalue weighted by molar-refractivity contribution is 0.0951. The van der Waals surface area contributed by atoms with Crippen molar-refractivity contribution in [3.8, 4) is 5.75 Å². The lowest BCUT2D eigenvalue weighted by Crippen LogP contribution is -2.26. The highest BCUT2D eigenvalue weighted by Gasteiger charge is 2.24. The molecular weight excluding hydrogens is 326 g/mol. The number of fused-ring (bicyclic) bond motifs is 1. The highest BCUT2D eigenvalue weighted by Crippen LogP contribution is 2.24. The van der Waals surface area contributed by atoms with E-state index in [4.69, 9.17) is 4.74 Å². The van der Waals surface area contributed by atoms with Gasteiger partial charge >= 0.3 is 0 Å². The van der Waals surface area contributed by atoms with Gasteiger partial charge < -0.3 is 14.5 Å². The number of rotatable bonds is 5. The van der Waals surface area contributed by atoms with E-state index in [1.807, 2.05) is 53.1 Å². The van der Waals surface area contributed by atoms with Gasteiger partial charge in [0.25, 0.3) is 5.91 Å². The van der Waals surface area contributed by atoms with E-state index in [2.05, 4.69) is 31.1 Å². The molecule has 0 spiro atoms. The molecule has 0 aliphatic rings. The normalized spacial score (nSPS) is 11.5. The van der Waals surface area contributed by atoms with Gasteiger partial charge in [-0.15, -0.1) is 0 Å². The highest BCUT2D eigenvalue weighted by atomic mass is 16.5. The third kappa shape index (κ3) is 3.72. The van der Waals surface area contributed by atoms with Gasteiger partial charge in [-0.3, -0.25) is 4.79 Å². The maximum Gasteiger partial charge on any atom is 0.272 e. The minimum Gasteiger partial charge on any atom is -0.497 e. The van der Waals surface area contributed by atoms with Crippen LogP contribution in [0.1, 0.15) is 42.6 Å². The summed E-state index contributed by atoms with van der Waals surface area (Å²) in [6.45, 7) is 6.83. The van der Waals surface area contributed by atoms with Crippen LogP contribution in [0, 0.1) is 0 Å². The first-order chi connectivity index (χ1) is 12.4. The number of pyridine rings is 1. The predicted octanol–water partition coefficient (Wildman–Crippen LogP) is 3.61. The van der Waals surface area contributed by atoms with E-state index in [0.717, 1.165) is 29.1 Å². The largest absolute Gasteiger partial charge is 0.497 e. The fraction of sp³-hybridized carbons (Fsp3) is 0.333. The zero-order chi connectivity index (χ0) is 18.7. The molecule has 0 unspecified atom stereocenters. The lowest BCUT2D eigenvalue weighted by atomic mass is 9.96. The lowest BCUT2D eigenvalue weighted by Gasteiger charge is -2.16. The number of ether oxygens (including phenoxy) is 1. The van der Waals surface area contributed by atoms with Crippen LogP contribution in [0.15, 0.2) is 48.7 Å². The Hall–Kier alpha value is -2.82. The predicted molar refractivity (Wildman–Crippen MR) is 103 cm³/mol. The number of methoxy groups -OCH3 is 1. The van der Waals surface area contributed by atoms with Gasteiger partial charge in [-0.25, -0.2) is 4.98 Å². The molecular formula is C21H25N3O2. The molecule has 3 rings (SSSR count). The standard InChI is InChI=1S/C21H25N3O2/c1-21(2,3)20-23-18(17-10-5-6-13-24(17)20)19(25)22-12-11-15-8-7-9-16(14-15)26-4/h5-10,13-14H,11-12H2,1-4H3,(H,22,25). The summed E-state index contributed by atoms with van der Waals surface area (Å²) in [4.78, 5) is 17.3. The number of hydrogen-bond donors (Lipinski definition) is 1. The summed E-state index contributed by atoms with van der Waals surface area (Å²) in [6, 6.07) is 13.7. The Labute approximate surface area is 154 Å². The molecule has 0 aliphatic heterocycles. The van der Waals surface area contributed by atoms with Crippen LogP contribution in [0.25, 0.3) is 5.52 Å². The number of imidazole rings is 1. The number of amides is 1. The Balaban J connectivity index is 1.76. The minimum atomic E-state index is -0.149. The Bertz CT molecular complexity index is 922. The Kier molecular flexibility index (Phi) is 4.98. The molecule has 5 heteroatoms. The molecule has 0 atom stereocenters. The smallest absolute Gasteiger partial charge is 0.272 e. The number of hydrogen-bond acceptors (Lipinski definition) is 3. The Morgan fingerprint density at radius 3 is 2.73 bits per heavy atom. The van der Waals surface area contributed by atoms with Crippen molar-refractivity contribution in [2.75, 3.05) is 13.7 Å². The van der Waals surface area contributed by atoms with Crippen molar-refractivity contribution in [1.82, 2.24) is 14.7 Å². The number of nitrogens with zero attached hydrogens (tertiary/aromatic N) is 2. The van der Waals surface area contributed by atoms with Gasteiger partial charge in [0.1, 0.15) is 11.6 Å². The molecule has 1 N–H and O–H groups in total. The van der Waals surface area contributed by atoms with E-state index in [9.17, 15) is 4.79 Å². The fourth-order valence-electron chi connectivity index (χ4n) is 2.97. The average Bonchev–Trinajstić information content (AvgIpc) is 3.02. The van der Waals surface area contributed by atoms with Crippen molar-refractivity contribution in [3.63, 3.8) is 0 Å². The van der Waals surface area contributed by atoms with Crippen molar-refractivity contribution in [3.05, 3.63) is 65.7 Å². The molecule has 26 heavy (non-hydrogen) atoms. The van der Waals surface area contributed by atoms with Crippen molar-refractivity contribution < 1.29 is 9.53 Å². The molecule has 3 aromatic rings. The summed E-state index contributed by atoms with van der Waals surface area (Å²) >= 11 is 0. The van der Waals surface area contributed by atoms with Crippen LogP contribution < -0.4 is 10.1 Å². The van der Waals surface area contributed by atoms with E-state index in [1.54, 1.807) is 7.11 Å². The number of benzene rings is 1. The maximum atomic E-state index is 12.7. The summed E-state index contributed by atoms with van der Waals surface area (Å²) in [6.07, 6.45) is 2.69. The van der Waals surface area contributed by atoms with Crippen molar-refractivity contribution in [2.24, 2.45) is 0 Å². The molecule has 0 fully saturated rings.